The van der Waals surface area contributed by atoms with E-state index < -0.39 is 0 Å². The first-order valence-corrected chi connectivity index (χ1v) is 14.7. The van der Waals surface area contributed by atoms with Gasteiger partial charge in [0.05, 0.1) is 0 Å². The molecule has 0 aliphatic rings. The molecule has 0 bridgehead atoms. The van der Waals surface area contributed by atoms with E-state index in [1.165, 1.54) is 96.6 Å². The van der Waals surface area contributed by atoms with Gasteiger partial charge in [-0.2, -0.15) is 0 Å². The molecule has 0 N–H and O–H groups in total. The number of unbranched alkanes of at least 4 members (excludes halogenated alkanes) is 4. The second-order valence-electron chi connectivity index (χ2n) is 10.3. The maximum Gasteiger partial charge on any atom is 1.00 e. The molecule has 0 radical (unpaired) electrons. The van der Waals surface area contributed by atoms with E-state index in [0.717, 1.165) is 25.7 Å². The summed E-state index contributed by atoms with van der Waals surface area (Å²) in [6, 6.07) is 28.2. The van der Waals surface area contributed by atoms with Gasteiger partial charge in [-0.25, -0.2) is 0 Å². The van der Waals surface area contributed by atoms with Crippen LogP contribution in [0.15, 0.2) is 72.8 Å². The van der Waals surface area contributed by atoms with Crippen LogP contribution in [0.5, 0.6) is 0 Å². The topological polar surface area (TPSA) is 0 Å². The molecule has 0 atom stereocenters. The van der Waals surface area contributed by atoms with Gasteiger partial charge in [-0.15, -0.1) is 82.6 Å². The van der Waals surface area contributed by atoms with E-state index in [0.29, 0.717) is 0 Å². The summed E-state index contributed by atoms with van der Waals surface area (Å²) in [5.41, 5.74) is 8.45. The Morgan fingerprint density at radius 1 is 0.447 bits per heavy atom. The average Bonchev–Trinajstić information content (AvgIpc) is 2.91. The van der Waals surface area contributed by atoms with Gasteiger partial charge in [0, 0.05) is 0 Å². The Bertz CT molecular complexity index is 912. The second-order valence-corrected chi connectivity index (χ2v) is 10.3. The van der Waals surface area contributed by atoms with Gasteiger partial charge in [-0.3, -0.25) is 0 Å². The van der Waals surface area contributed by atoms with Crippen LogP contribution in [0.25, 0.3) is 0 Å². The van der Waals surface area contributed by atoms with Crippen LogP contribution in [0.1, 0.15) is 125 Å². The molecular weight excluding hydrogens is 446 g/mol. The zero-order valence-corrected chi connectivity index (χ0v) is 25.4. The summed E-state index contributed by atoms with van der Waals surface area (Å²) >= 11 is 0. The van der Waals surface area contributed by atoms with E-state index in [1.807, 2.05) is 0 Å². The molecule has 0 saturated carbocycles. The van der Waals surface area contributed by atoms with Crippen molar-refractivity contribution in [2.24, 2.45) is 0 Å². The molecule has 0 heterocycles. The van der Waals surface area contributed by atoms with E-state index in [4.69, 9.17) is 0 Å². The van der Waals surface area contributed by atoms with E-state index in [1.54, 1.807) is 0 Å². The fraction of sp³-hybridized carbons (Fsp3) is 0.444. The third-order valence-electron chi connectivity index (χ3n) is 7.30. The standard InChI is InChI=1S/C36H48.2Li/c1-5-9-11-18-35(31-24-20-29(14-7-3)21-25-31)33-16-13-17-34(28-33)36(19-12-10-6-2)32-26-22-30(15-8-4)23-27-32;;/h13,16-17,20-28H,5-12,14-15,18-19H2,1-4H3;;/q-2;2*+1. The minimum absolute atomic E-state index is 0. The molecule has 0 nitrogen and oxygen atoms in total. The molecule has 194 valence electrons. The van der Waals surface area contributed by atoms with E-state index >= 15 is 0 Å². The first kappa shape index (κ1) is 34.6. The number of rotatable bonds is 16. The van der Waals surface area contributed by atoms with Gasteiger partial charge < -0.3 is 0 Å². The van der Waals surface area contributed by atoms with Crippen molar-refractivity contribution in [1.29, 1.82) is 0 Å². The van der Waals surface area contributed by atoms with Crippen LogP contribution in [-0.4, -0.2) is 0 Å². The molecule has 3 aromatic carbocycles. The molecular formula is C36H48Li2. The fourth-order valence-corrected chi connectivity index (χ4v) is 5.23. The van der Waals surface area contributed by atoms with Crippen molar-refractivity contribution in [3.8, 4) is 0 Å². The van der Waals surface area contributed by atoms with Crippen molar-refractivity contribution in [2.75, 3.05) is 0 Å². The monoisotopic (exact) mass is 494 g/mol. The Balaban J connectivity index is 0.00000361. The minimum atomic E-state index is 0. The van der Waals surface area contributed by atoms with E-state index in [2.05, 4.69) is 100 Å². The third-order valence-corrected chi connectivity index (χ3v) is 7.30. The SMILES string of the molecule is CCCCC[C-](c1ccc(CCC)cc1)c1cccc([C-](CCCCC)c2ccc(CCC)cc2)c1.[Li+].[Li+]. The van der Waals surface area contributed by atoms with Gasteiger partial charge in [-0.05, 0) is 12.8 Å². The first-order valence-electron chi connectivity index (χ1n) is 14.7. The Hall–Kier alpha value is -1.41. The van der Waals surface area contributed by atoms with Gasteiger partial charge >= 0.3 is 37.7 Å². The molecule has 3 aromatic rings. The van der Waals surface area contributed by atoms with Gasteiger partial charge in [0.25, 0.3) is 0 Å². The predicted octanol–water partition coefficient (Wildman–Crippen LogP) is 4.70. The summed E-state index contributed by atoms with van der Waals surface area (Å²) < 4.78 is 0. The van der Waals surface area contributed by atoms with Crippen LogP contribution in [0.2, 0.25) is 0 Å². The van der Waals surface area contributed by atoms with Gasteiger partial charge in [-0.1, -0.05) is 127 Å². The number of hydrogen-bond acceptors (Lipinski definition) is 0. The van der Waals surface area contributed by atoms with Crippen molar-refractivity contribution in [3.63, 3.8) is 0 Å². The molecule has 38 heavy (non-hydrogen) atoms. The quantitative estimate of drug-likeness (QED) is 0.154. The van der Waals surface area contributed by atoms with Crippen LogP contribution in [0, 0.1) is 11.8 Å². The number of hydrogen-bond donors (Lipinski definition) is 0. The van der Waals surface area contributed by atoms with Crippen LogP contribution in [-0.2, 0) is 12.8 Å². The zero-order valence-electron chi connectivity index (χ0n) is 25.4. The van der Waals surface area contributed by atoms with Crippen molar-refractivity contribution in [2.45, 2.75) is 105 Å². The second kappa shape index (κ2) is 19.6. The molecule has 0 aliphatic carbocycles. The van der Waals surface area contributed by atoms with Crippen LogP contribution >= 0.6 is 0 Å². The van der Waals surface area contributed by atoms with E-state index in [9.17, 15) is 0 Å². The smallest absolute Gasteiger partial charge is 0.129 e. The Morgan fingerprint density at radius 3 is 1.18 bits per heavy atom. The third kappa shape index (κ3) is 10.6. The van der Waals surface area contributed by atoms with Gasteiger partial charge in [0.1, 0.15) is 0 Å². The molecule has 0 aliphatic heterocycles. The summed E-state index contributed by atoms with van der Waals surface area (Å²) in [6.45, 7) is 9.10. The molecule has 3 rings (SSSR count). The number of aryl methyl sites for hydroxylation is 2. The van der Waals surface area contributed by atoms with Crippen LogP contribution < -0.4 is 37.7 Å². The Kier molecular flexibility index (Phi) is 17.9. The molecule has 0 amide bonds. The predicted molar refractivity (Wildman–Crippen MR) is 158 cm³/mol. The maximum atomic E-state index is 2.47. The first-order chi connectivity index (χ1) is 17.7. The molecule has 0 spiro atoms. The molecule has 0 saturated heterocycles. The molecule has 0 aromatic heterocycles. The Labute approximate surface area is 259 Å². The Morgan fingerprint density at radius 2 is 0.842 bits per heavy atom. The van der Waals surface area contributed by atoms with Gasteiger partial charge in [0.15, 0.2) is 0 Å². The van der Waals surface area contributed by atoms with Crippen LogP contribution in [0.4, 0.5) is 0 Å². The van der Waals surface area contributed by atoms with Crippen molar-refractivity contribution in [3.05, 3.63) is 118 Å². The summed E-state index contributed by atoms with van der Waals surface area (Å²) in [7, 11) is 0. The van der Waals surface area contributed by atoms with Gasteiger partial charge in [0.2, 0.25) is 0 Å². The van der Waals surface area contributed by atoms with Crippen molar-refractivity contribution < 1.29 is 37.7 Å². The normalized spacial score (nSPS) is 10.4. The maximum absolute atomic E-state index is 2.47. The summed E-state index contributed by atoms with van der Waals surface area (Å²) in [5.74, 6) is 3.00. The summed E-state index contributed by atoms with van der Waals surface area (Å²) in [6.07, 6.45) is 14.6. The average molecular weight is 495 g/mol. The molecule has 2 heteroatoms. The minimum Gasteiger partial charge on any atom is -0.129 e. The largest absolute Gasteiger partial charge is 1.00 e. The number of benzene rings is 3. The summed E-state index contributed by atoms with van der Waals surface area (Å²) in [5, 5.41) is 0. The molecule has 0 unspecified atom stereocenters. The fourth-order valence-electron chi connectivity index (χ4n) is 5.23. The van der Waals surface area contributed by atoms with Crippen molar-refractivity contribution in [1.82, 2.24) is 0 Å². The zero-order chi connectivity index (χ0) is 25.6. The van der Waals surface area contributed by atoms with Crippen LogP contribution in [0.3, 0.4) is 0 Å². The van der Waals surface area contributed by atoms with E-state index in [-0.39, 0.29) is 37.7 Å². The summed E-state index contributed by atoms with van der Waals surface area (Å²) in [4.78, 5) is 0. The van der Waals surface area contributed by atoms with Crippen molar-refractivity contribution >= 4 is 0 Å². The molecule has 0 fully saturated rings.